The molecule has 5 nitrogen and oxygen atoms in total. The first-order chi connectivity index (χ1) is 13.1. The SMILES string of the molecule is CC[C@H](C)[C@@H]1N=C(c2ccccn2)c2cc(Br)ccc2-n2c(OC)cnc21. The van der Waals surface area contributed by atoms with Gasteiger partial charge in [0.15, 0.2) is 0 Å². The van der Waals surface area contributed by atoms with Crippen LogP contribution in [0.2, 0.25) is 0 Å². The molecule has 0 bridgehead atoms. The Morgan fingerprint density at radius 2 is 2.07 bits per heavy atom. The molecule has 0 radical (unpaired) electrons. The lowest BCUT2D eigenvalue weighted by molar-refractivity contribution is 0.381. The largest absolute Gasteiger partial charge is 0.481 e. The minimum atomic E-state index is -0.0814. The molecule has 0 saturated heterocycles. The molecule has 0 saturated carbocycles. The Labute approximate surface area is 167 Å². The number of benzene rings is 1. The van der Waals surface area contributed by atoms with Crippen molar-refractivity contribution in [1.82, 2.24) is 14.5 Å². The summed E-state index contributed by atoms with van der Waals surface area (Å²) in [5, 5.41) is 0. The second-order valence-corrected chi connectivity index (χ2v) is 7.59. The zero-order valence-corrected chi connectivity index (χ0v) is 17.1. The van der Waals surface area contributed by atoms with Crippen LogP contribution >= 0.6 is 15.9 Å². The van der Waals surface area contributed by atoms with Gasteiger partial charge in [-0.3, -0.25) is 14.5 Å². The average Bonchev–Trinajstić information content (AvgIpc) is 3.06. The lowest BCUT2D eigenvalue weighted by atomic mass is 9.98. The Hall–Kier alpha value is -2.47. The number of pyridine rings is 1. The van der Waals surface area contributed by atoms with Gasteiger partial charge in [0, 0.05) is 16.2 Å². The molecule has 3 aromatic rings. The molecule has 4 rings (SSSR count). The molecule has 1 aliphatic heterocycles. The average molecular weight is 425 g/mol. The van der Waals surface area contributed by atoms with Crippen LogP contribution in [0.1, 0.15) is 43.4 Å². The molecule has 2 atom stereocenters. The third kappa shape index (κ3) is 3.08. The highest BCUT2D eigenvalue weighted by Gasteiger charge is 2.31. The molecule has 0 amide bonds. The van der Waals surface area contributed by atoms with E-state index in [0.717, 1.165) is 39.4 Å². The summed E-state index contributed by atoms with van der Waals surface area (Å²) < 4.78 is 8.69. The van der Waals surface area contributed by atoms with Gasteiger partial charge in [-0.25, -0.2) is 4.98 Å². The first-order valence-electron chi connectivity index (χ1n) is 9.05. The summed E-state index contributed by atoms with van der Waals surface area (Å²) in [5.74, 6) is 1.93. The van der Waals surface area contributed by atoms with Crippen molar-refractivity contribution in [3.05, 3.63) is 70.3 Å². The van der Waals surface area contributed by atoms with Gasteiger partial charge in [-0.15, -0.1) is 0 Å². The number of methoxy groups -OCH3 is 1. The van der Waals surface area contributed by atoms with Crippen molar-refractivity contribution in [1.29, 1.82) is 0 Å². The van der Waals surface area contributed by atoms with E-state index in [9.17, 15) is 0 Å². The fourth-order valence-electron chi connectivity index (χ4n) is 3.42. The number of aromatic nitrogens is 3. The maximum Gasteiger partial charge on any atom is 0.218 e. The maximum atomic E-state index is 5.62. The van der Waals surface area contributed by atoms with E-state index in [1.54, 1.807) is 19.5 Å². The normalized spacial score (nSPS) is 16.7. The minimum absolute atomic E-state index is 0.0814. The Morgan fingerprint density at radius 3 is 2.78 bits per heavy atom. The van der Waals surface area contributed by atoms with Crippen LogP contribution in [0.5, 0.6) is 5.88 Å². The highest BCUT2D eigenvalue weighted by Crippen LogP contribution is 2.38. The number of halogens is 1. The Kier molecular flexibility index (Phi) is 4.83. The fraction of sp³-hybridized carbons (Fsp3) is 0.286. The monoisotopic (exact) mass is 424 g/mol. The van der Waals surface area contributed by atoms with E-state index in [2.05, 4.69) is 56.4 Å². The summed E-state index contributed by atoms with van der Waals surface area (Å²) in [6, 6.07) is 12.0. The van der Waals surface area contributed by atoms with Crippen molar-refractivity contribution in [2.45, 2.75) is 26.3 Å². The highest BCUT2D eigenvalue weighted by atomic mass is 79.9. The van der Waals surface area contributed by atoms with Gasteiger partial charge in [0.05, 0.1) is 30.4 Å². The number of imidazole rings is 1. The third-order valence-corrected chi connectivity index (χ3v) is 5.54. The highest BCUT2D eigenvalue weighted by molar-refractivity contribution is 9.10. The quantitative estimate of drug-likeness (QED) is 0.593. The molecule has 1 aliphatic rings. The minimum Gasteiger partial charge on any atom is -0.481 e. The van der Waals surface area contributed by atoms with Gasteiger partial charge in [0.2, 0.25) is 5.88 Å². The molecular formula is C21H21BrN4O. The molecule has 0 fully saturated rings. The molecule has 0 unspecified atom stereocenters. The maximum absolute atomic E-state index is 5.62. The van der Waals surface area contributed by atoms with Crippen molar-refractivity contribution in [2.75, 3.05) is 7.11 Å². The van der Waals surface area contributed by atoms with Crippen LogP contribution in [-0.2, 0) is 0 Å². The summed E-state index contributed by atoms with van der Waals surface area (Å²) >= 11 is 3.61. The molecule has 2 aromatic heterocycles. The van der Waals surface area contributed by atoms with Crippen LogP contribution < -0.4 is 4.74 Å². The topological polar surface area (TPSA) is 52.3 Å². The van der Waals surface area contributed by atoms with Crippen molar-refractivity contribution in [2.24, 2.45) is 10.9 Å². The zero-order valence-electron chi connectivity index (χ0n) is 15.6. The predicted molar refractivity (Wildman–Crippen MR) is 110 cm³/mol. The molecule has 3 heterocycles. The van der Waals surface area contributed by atoms with Crippen molar-refractivity contribution in [3.63, 3.8) is 0 Å². The van der Waals surface area contributed by atoms with Gasteiger partial charge in [0.25, 0.3) is 0 Å². The van der Waals surface area contributed by atoms with E-state index in [1.807, 2.05) is 24.3 Å². The molecule has 27 heavy (non-hydrogen) atoms. The first kappa shape index (κ1) is 17.9. The van der Waals surface area contributed by atoms with E-state index in [-0.39, 0.29) is 6.04 Å². The van der Waals surface area contributed by atoms with E-state index >= 15 is 0 Å². The predicted octanol–water partition coefficient (Wildman–Crippen LogP) is 4.98. The summed E-state index contributed by atoms with van der Waals surface area (Å²) in [6.07, 6.45) is 4.58. The van der Waals surface area contributed by atoms with E-state index < -0.39 is 0 Å². The summed E-state index contributed by atoms with van der Waals surface area (Å²) in [5.41, 5.74) is 3.74. The Balaban J connectivity index is 2.06. The smallest absolute Gasteiger partial charge is 0.218 e. The van der Waals surface area contributed by atoms with E-state index in [0.29, 0.717) is 11.8 Å². The number of hydrogen-bond donors (Lipinski definition) is 0. The number of ether oxygens (including phenoxy) is 1. The lowest BCUT2D eigenvalue weighted by Gasteiger charge is -2.19. The Bertz CT molecular complexity index is 997. The summed E-state index contributed by atoms with van der Waals surface area (Å²) in [7, 11) is 1.67. The Morgan fingerprint density at radius 1 is 1.22 bits per heavy atom. The van der Waals surface area contributed by atoms with Gasteiger partial charge in [-0.05, 0) is 36.2 Å². The zero-order chi connectivity index (χ0) is 19.0. The third-order valence-electron chi connectivity index (χ3n) is 5.04. The molecule has 0 N–H and O–H groups in total. The second-order valence-electron chi connectivity index (χ2n) is 6.68. The van der Waals surface area contributed by atoms with Gasteiger partial charge < -0.3 is 4.74 Å². The standard InChI is InChI=1S/C21H21BrN4O/c1-4-13(2)19-21-24-12-18(27-3)26(21)17-9-8-14(22)11-15(17)20(25-19)16-7-5-6-10-23-16/h5-13,19H,4H2,1-3H3/t13-,19-/m0/s1. The van der Waals surface area contributed by atoms with Crippen LogP contribution in [0.25, 0.3) is 5.69 Å². The van der Waals surface area contributed by atoms with Gasteiger partial charge in [-0.1, -0.05) is 42.3 Å². The molecular weight excluding hydrogens is 404 g/mol. The number of hydrogen-bond acceptors (Lipinski definition) is 4. The van der Waals surface area contributed by atoms with Crippen molar-refractivity contribution in [3.8, 4) is 11.6 Å². The molecule has 1 aromatic carbocycles. The van der Waals surface area contributed by atoms with Gasteiger partial charge in [-0.2, -0.15) is 0 Å². The van der Waals surface area contributed by atoms with Crippen LogP contribution in [0, 0.1) is 5.92 Å². The first-order valence-corrected chi connectivity index (χ1v) is 9.84. The van der Waals surface area contributed by atoms with Crippen LogP contribution in [0.3, 0.4) is 0 Å². The summed E-state index contributed by atoms with van der Waals surface area (Å²) in [6.45, 7) is 4.39. The van der Waals surface area contributed by atoms with Crippen LogP contribution in [-0.4, -0.2) is 27.4 Å². The van der Waals surface area contributed by atoms with Gasteiger partial charge in [0.1, 0.15) is 11.9 Å². The lowest BCUT2D eigenvalue weighted by Crippen LogP contribution is -2.13. The van der Waals surface area contributed by atoms with E-state index in [1.165, 1.54) is 0 Å². The molecule has 0 spiro atoms. The molecule has 138 valence electrons. The van der Waals surface area contributed by atoms with Crippen molar-refractivity contribution >= 4 is 21.6 Å². The number of rotatable bonds is 4. The van der Waals surface area contributed by atoms with E-state index in [4.69, 9.17) is 9.73 Å². The van der Waals surface area contributed by atoms with Crippen LogP contribution in [0.4, 0.5) is 0 Å². The fourth-order valence-corrected chi connectivity index (χ4v) is 3.78. The number of nitrogens with zero attached hydrogens (tertiary/aromatic N) is 4. The number of fused-ring (bicyclic) bond motifs is 3. The van der Waals surface area contributed by atoms with Gasteiger partial charge >= 0.3 is 0 Å². The molecule has 0 aliphatic carbocycles. The molecule has 6 heteroatoms. The van der Waals surface area contributed by atoms with Crippen LogP contribution in [0.15, 0.2) is 58.3 Å². The second kappa shape index (κ2) is 7.27. The van der Waals surface area contributed by atoms with Crippen molar-refractivity contribution < 1.29 is 4.74 Å². The number of aliphatic imine (C=N–C) groups is 1. The summed E-state index contributed by atoms with van der Waals surface area (Å²) in [4.78, 5) is 14.4.